The van der Waals surface area contributed by atoms with Crippen molar-refractivity contribution in [3.05, 3.63) is 35.0 Å². The predicted molar refractivity (Wildman–Crippen MR) is 97.9 cm³/mol. The maximum atomic E-state index is 12.3. The number of carbonyl (C=O) groups excluding carboxylic acids is 1. The van der Waals surface area contributed by atoms with Crippen molar-refractivity contribution in [3.8, 4) is 0 Å². The molecule has 132 valence electrons. The summed E-state index contributed by atoms with van der Waals surface area (Å²) in [6, 6.07) is 6.64. The lowest BCUT2D eigenvalue weighted by atomic mass is 9.65. The molecule has 1 aliphatic carbocycles. The van der Waals surface area contributed by atoms with Gasteiger partial charge in [0.1, 0.15) is 0 Å². The van der Waals surface area contributed by atoms with Crippen LogP contribution in [0.25, 0.3) is 10.9 Å². The van der Waals surface area contributed by atoms with E-state index in [0.717, 1.165) is 35.7 Å². The van der Waals surface area contributed by atoms with Gasteiger partial charge in [0.25, 0.3) is 0 Å². The number of nitrogens with zero attached hydrogens (tertiary/aromatic N) is 1. The van der Waals surface area contributed by atoms with Crippen LogP contribution in [0.15, 0.2) is 18.2 Å². The Balaban J connectivity index is 1.70. The number of methoxy groups -OCH3 is 1. The molecule has 4 nitrogen and oxygen atoms in total. The molecule has 1 N–H and O–H groups in total. The van der Waals surface area contributed by atoms with Crippen LogP contribution in [0.5, 0.6) is 0 Å². The van der Waals surface area contributed by atoms with Crippen LogP contribution in [-0.4, -0.2) is 42.1 Å². The number of nitrogens with one attached hydrogen (secondary N) is 1. The molecule has 0 spiro atoms. The third-order valence-corrected chi connectivity index (χ3v) is 6.94. The minimum Gasteiger partial charge on any atom is -0.465 e. The Morgan fingerprint density at radius 3 is 3.04 bits per heavy atom. The molecule has 1 aromatic heterocycles. The topological polar surface area (TPSA) is 45.3 Å². The van der Waals surface area contributed by atoms with Gasteiger partial charge in [0.2, 0.25) is 0 Å². The fourth-order valence-corrected chi connectivity index (χ4v) is 6.03. The van der Waals surface area contributed by atoms with Crippen LogP contribution < -0.4 is 0 Å². The molecule has 5 atom stereocenters. The first-order valence-corrected chi connectivity index (χ1v) is 9.67. The van der Waals surface area contributed by atoms with Gasteiger partial charge in [-0.2, -0.15) is 0 Å². The molecule has 4 heteroatoms. The van der Waals surface area contributed by atoms with Gasteiger partial charge in [0.05, 0.1) is 12.7 Å². The Labute approximate surface area is 148 Å². The molecule has 1 saturated carbocycles. The first-order chi connectivity index (χ1) is 12.2. The van der Waals surface area contributed by atoms with Gasteiger partial charge in [-0.1, -0.05) is 19.4 Å². The summed E-state index contributed by atoms with van der Waals surface area (Å²) in [7, 11) is 1.47. The van der Waals surface area contributed by atoms with E-state index in [2.05, 4.69) is 22.9 Å². The van der Waals surface area contributed by atoms with Gasteiger partial charge in [-0.05, 0) is 48.8 Å². The number of esters is 1. The second-order valence-corrected chi connectivity index (χ2v) is 8.08. The molecular formula is C21H26N2O2. The Bertz CT molecular complexity index is 840. The van der Waals surface area contributed by atoms with Gasteiger partial charge in [-0.25, -0.2) is 4.79 Å². The molecule has 4 bridgehead atoms. The normalized spacial score (nSPS) is 33.1. The average molecular weight is 338 g/mol. The first-order valence-electron chi connectivity index (χ1n) is 9.67. The maximum absolute atomic E-state index is 12.3. The SMILES string of the molecule is CCC1C[C@@H]2C[C@H]3c4[nH]c5cccc(C(=O)OC)c5c4CCN(C2)[C@@H]13. The van der Waals surface area contributed by atoms with E-state index in [4.69, 9.17) is 4.74 Å². The van der Waals surface area contributed by atoms with Gasteiger partial charge < -0.3 is 9.72 Å². The molecule has 0 radical (unpaired) electrons. The second kappa shape index (κ2) is 5.60. The summed E-state index contributed by atoms with van der Waals surface area (Å²) in [5, 5.41) is 1.10. The molecule has 2 saturated heterocycles. The van der Waals surface area contributed by atoms with E-state index >= 15 is 0 Å². The van der Waals surface area contributed by atoms with Crippen LogP contribution in [0.4, 0.5) is 0 Å². The van der Waals surface area contributed by atoms with E-state index in [9.17, 15) is 4.79 Å². The van der Waals surface area contributed by atoms with E-state index in [0.29, 0.717) is 17.5 Å². The summed E-state index contributed by atoms with van der Waals surface area (Å²) in [4.78, 5) is 18.8. The van der Waals surface area contributed by atoms with Crippen LogP contribution in [-0.2, 0) is 11.2 Å². The zero-order valence-electron chi connectivity index (χ0n) is 15.0. The Morgan fingerprint density at radius 1 is 1.36 bits per heavy atom. The van der Waals surface area contributed by atoms with Crippen LogP contribution in [0, 0.1) is 11.8 Å². The Kier molecular flexibility index (Phi) is 3.46. The fraction of sp³-hybridized carbons (Fsp3) is 0.571. The number of benzene rings is 1. The highest BCUT2D eigenvalue weighted by atomic mass is 16.5. The van der Waals surface area contributed by atoms with Gasteiger partial charge in [0.15, 0.2) is 0 Å². The monoisotopic (exact) mass is 338 g/mol. The smallest absolute Gasteiger partial charge is 0.338 e. The summed E-state index contributed by atoms with van der Waals surface area (Å²) >= 11 is 0. The molecule has 1 aromatic carbocycles. The van der Waals surface area contributed by atoms with E-state index in [1.165, 1.54) is 44.2 Å². The molecule has 3 aliphatic heterocycles. The third-order valence-electron chi connectivity index (χ3n) is 6.94. The number of rotatable bonds is 2. The van der Waals surface area contributed by atoms with Crippen molar-refractivity contribution < 1.29 is 9.53 Å². The third kappa shape index (κ3) is 2.13. The predicted octanol–water partition coefficient (Wildman–Crippen LogP) is 3.71. The van der Waals surface area contributed by atoms with Crippen molar-refractivity contribution in [2.24, 2.45) is 11.8 Å². The molecule has 3 fully saturated rings. The average Bonchev–Trinajstić information content (AvgIpc) is 2.99. The van der Waals surface area contributed by atoms with Crippen molar-refractivity contribution in [1.82, 2.24) is 9.88 Å². The number of carbonyl (C=O) groups is 1. The zero-order chi connectivity index (χ0) is 17.1. The number of hydrogen-bond acceptors (Lipinski definition) is 3. The number of hydrogen-bond donors (Lipinski definition) is 1. The molecule has 0 amide bonds. The highest BCUT2D eigenvalue weighted by Crippen LogP contribution is 2.51. The molecule has 4 aliphatic rings. The number of H-pyrrole nitrogens is 1. The van der Waals surface area contributed by atoms with E-state index < -0.39 is 0 Å². The van der Waals surface area contributed by atoms with Crippen LogP contribution in [0.3, 0.4) is 0 Å². The molecule has 2 aromatic rings. The van der Waals surface area contributed by atoms with Gasteiger partial charge in [-0.15, -0.1) is 0 Å². The molecule has 25 heavy (non-hydrogen) atoms. The fourth-order valence-electron chi connectivity index (χ4n) is 6.03. The Morgan fingerprint density at radius 2 is 2.24 bits per heavy atom. The summed E-state index contributed by atoms with van der Waals surface area (Å²) in [6.45, 7) is 4.73. The van der Waals surface area contributed by atoms with E-state index in [1.54, 1.807) is 0 Å². The van der Waals surface area contributed by atoms with Crippen LogP contribution >= 0.6 is 0 Å². The van der Waals surface area contributed by atoms with Crippen molar-refractivity contribution in [2.75, 3.05) is 20.2 Å². The van der Waals surface area contributed by atoms with Gasteiger partial charge in [-0.3, -0.25) is 4.90 Å². The maximum Gasteiger partial charge on any atom is 0.338 e. The number of aromatic nitrogens is 1. The quantitative estimate of drug-likeness (QED) is 0.849. The first kappa shape index (κ1) is 15.4. The summed E-state index contributed by atoms with van der Waals surface area (Å²) in [6.07, 6.45) is 5.00. The standard InChI is InChI=1S/C21H26N2O2/c1-3-13-9-12-10-16-19-14(7-8-23(11-12)20(13)16)18-15(21(24)25-2)5-4-6-17(18)22-19/h4-6,12-13,16,20,22H,3,7-11H2,1-2H3/t12-,13?,16+,20+/m1/s1. The highest BCUT2D eigenvalue weighted by Gasteiger charge is 2.48. The van der Waals surface area contributed by atoms with Crippen LogP contribution in [0.2, 0.25) is 0 Å². The van der Waals surface area contributed by atoms with Crippen molar-refractivity contribution in [1.29, 1.82) is 0 Å². The molecule has 2 unspecified atom stereocenters. The van der Waals surface area contributed by atoms with Gasteiger partial charge in [0, 0.05) is 41.6 Å². The molecule has 4 heterocycles. The molecular weight excluding hydrogens is 312 g/mol. The van der Waals surface area contributed by atoms with Crippen LogP contribution in [0.1, 0.15) is 53.7 Å². The number of piperidine rings is 2. The molecule has 6 rings (SSSR count). The number of fused-ring (bicyclic) bond motifs is 4. The highest BCUT2D eigenvalue weighted by molar-refractivity contribution is 6.05. The zero-order valence-corrected chi connectivity index (χ0v) is 15.0. The van der Waals surface area contributed by atoms with Gasteiger partial charge >= 0.3 is 5.97 Å². The number of aromatic amines is 1. The summed E-state index contributed by atoms with van der Waals surface area (Å²) < 4.78 is 5.04. The number of ether oxygens (including phenoxy) is 1. The van der Waals surface area contributed by atoms with E-state index in [-0.39, 0.29) is 5.97 Å². The Hall–Kier alpha value is -1.81. The van der Waals surface area contributed by atoms with Crippen molar-refractivity contribution in [2.45, 2.75) is 44.6 Å². The second-order valence-electron chi connectivity index (χ2n) is 8.08. The minimum absolute atomic E-state index is 0.229. The lowest BCUT2D eigenvalue weighted by Crippen LogP contribution is -2.56. The minimum atomic E-state index is -0.229. The lowest BCUT2D eigenvalue weighted by molar-refractivity contribution is -0.0134. The van der Waals surface area contributed by atoms with Crippen molar-refractivity contribution in [3.63, 3.8) is 0 Å². The lowest BCUT2D eigenvalue weighted by Gasteiger charge is -2.53. The van der Waals surface area contributed by atoms with Crippen molar-refractivity contribution >= 4 is 16.9 Å². The summed E-state index contributed by atoms with van der Waals surface area (Å²) in [5.74, 6) is 2.01. The summed E-state index contributed by atoms with van der Waals surface area (Å²) in [5.41, 5.74) is 4.57. The van der Waals surface area contributed by atoms with E-state index in [1.807, 2.05) is 12.1 Å². The largest absolute Gasteiger partial charge is 0.465 e.